The Kier molecular flexibility index (Phi) is 4.06. The minimum atomic E-state index is 0.134. The van der Waals surface area contributed by atoms with Crippen LogP contribution in [0.1, 0.15) is 43.6 Å². The van der Waals surface area contributed by atoms with Crippen molar-refractivity contribution in [2.24, 2.45) is 0 Å². The lowest BCUT2D eigenvalue weighted by Gasteiger charge is -2.36. The molecule has 0 amide bonds. The van der Waals surface area contributed by atoms with Gasteiger partial charge in [0.25, 0.3) is 0 Å². The fourth-order valence-electron chi connectivity index (χ4n) is 3.18. The molecule has 1 fully saturated rings. The molecule has 0 bridgehead atoms. The third-order valence-corrected chi connectivity index (χ3v) is 4.61. The van der Waals surface area contributed by atoms with Gasteiger partial charge >= 0.3 is 0 Å². The van der Waals surface area contributed by atoms with Gasteiger partial charge in [-0.3, -0.25) is 0 Å². The van der Waals surface area contributed by atoms with Crippen LogP contribution in [-0.4, -0.2) is 22.7 Å². The van der Waals surface area contributed by atoms with Crippen molar-refractivity contribution in [1.82, 2.24) is 15.5 Å². The molecule has 1 aliphatic rings. The molecule has 1 saturated carbocycles. The van der Waals surface area contributed by atoms with Gasteiger partial charge in [0.15, 0.2) is 0 Å². The summed E-state index contributed by atoms with van der Waals surface area (Å²) in [6, 6.07) is 8.22. The molecule has 1 aliphatic carbocycles. The van der Waals surface area contributed by atoms with E-state index in [1.807, 2.05) is 19.2 Å². The summed E-state index contributed by atoms with van der Waals surface area (Å²) in [7, 11) is 2.04. The summed E-state index contributed by atoms with van der Waals surface area (Å²) in [6.07, 6.45) is 7.08. The molecule has 1 N–H and O–H groups in total. The fourth-order valence-corrected chi connectivity index (χ4v) is 3.18. The molecule has 4 nitrogen and oxygen atoms in total. The monoisotopic (exact) mass is 285 g/mol. The molecule has 0 atom stereocenters. The Morgan fingerprint density at radius 1 is 1.14 bits per heavy atom. The van der Waals surface area contributed by atoms with Crippen molar-refractivity contribution in [2.75, 3.05) is 7.05 Å². The van der Waals surface area contributed by atoms with E-state index in [-0.39, 0.29) is 5.54 Å². The van der Waals surface area contributed by atoms with Crippen molar-refractivity contribution in [3.05, 3.63) is 35.7 Å². The Labute approximate surface area is 126 Å². The van der Waals surface area contributed by atoms with E-state index in [1.165, 1.54) is 37.7 Å². The number of aryl methyl sites for hydroxylation is 1. The highest BCUT2D eigenvalue weighted by Crippen LogP contribution is 2.31. The normalized spacial score (nSPS) is 17.8. The summed E-state index contributed by atoms with van der Waals surface area (Å²) < 4.78 is 5.48. The molecule has 0 spiro atoms. The van der Waals surface area contributed by atoms with Gasteiger partial charge in [0, 0.05) is 17.5 Å². The van der Waals surface area contributed by atoms with Crippen molar-refractivity contribution >= 4 is 0 Å². The molecule has 21 heavy (non-hydrogen) atoms. The summed E-state index contributed by atoms with van der Waals surface area (Å²) >= 11 is 0. The Hall–Kier alpha value is -1.68. The zero-order chi connectivity index (χ0) is 14.7. The second kappa shape index (κ2) is 5.98. The molecule has 3 rings (SSSR count). The van der Waals surface area contributed by atoms with Crippen LogP contribution in [0.5, 0.6) is 0 Å². The topological polar surface area (TPSA) is 51.0 Å². The van der Waals surface area contributed by atoms with E-state index in [0.29, 0.717) is 5.82 Å². The SMILES string of the molecule is CNC1(Cc2nc(-c3ccc(C)cc3)no2)CCCCC1. The first-order valence-corrected chi connectivity index (χ1v) is 7.79. The molecular weight excluding hydrogens is 262 g/mol. The van der Waals surface area contributed by atoms with Gasteiger partial charge in [-0.15, -0.1) is 0 Å². The Bertz CT molecular complexity index is 582. The molecule has 1 aromatic carbocycles. The second-order valence-electron chi connectivity index (χ2n) is 6.15. The van der Waals surface area contributed by atoms with E-state index in [1.54, 1.807) is 0 Å². The van der Waals surface area contributed by atoms with E-state index in [0.717, 1.165) is 17.9 Å². The molecule has 0 aliphatic heterocycles. The minimum absolute atomic E-state index is 0.134. The quantitative estimate of drug-likeness (QED) is 0.934. The Morgan fingerprint density at radius 2 is 1.86 bits per heavy atom. The summed E-state index contributed by atoms with van der Waals surface area (Å²) in [4.78, 5) is 4.58. The first kappa shape index (κ1) is 14.3. The number of hydrogen-bond donors (Lipinski definition) is 1. The molecule has 0 radical (unpaired) electrons. The standard InChI is InChI=1S/C17H23N3O/c1-13-6-8-14(9-7-13)16-19-15(21-20-16)12-17(18-2)10-4-3-5-11-17/h6-9,18H,3-5,10-12H2,1-2H3. The lowest BCUT2D eigenvalue weighted by atomic mass is 9.79. The average Bonchev–Trinajstić information content (AvgIpc) is 2.97. The zero-order valence-electron chi connectivity index (χ0n) is 12.9. The number of nitrogens with one attached hydrogen (secondary N) is 1. The maximum Gasteiger partial charge on any atom is 0.228 e. The van der Waals surface area contributed by atoms with Crippen LogP contribution >= 0.6 is 0 Å². The van der Waals surface area contributed by atoms with Gasteiger partial charge in [-0.05, 0) is 26.8 Å². The van der Waals surface area contributed by atoms with Crippen molar-refractivity contribution < 1.29 is 4.52 Å². The number of nitrogens with zero attached hydrogens (tertiary/aromatic N) is 2. The highest BCUT2D eigenvalue weighted by atomic mass is 16.5. The highest BCUT2D eigenvalue weighted by molar-refractivity contribution is 5.54. The lowest BCUT2D eigenvalue weighted by molar-refractivity contribution is 0.221. The Morgan fingerprint density at radius 3 is 2.52 bits per heavy atom. The van der Waals surface area contributed by atoms with Gasteiger partial charge in [-0.2, -0.15) is 4.98 Å². The summed E-state index contributed by atoms with van der Waals surface area (Å²) in [5.41, 5.74) is 2.38. The Balaban J connectivity index is 1.76. The van der Waals surface area contributed by atoms with Crippen LogP contribution in [0.25, 0.3) is 11.4 Å². The van der Waals surface area contributed by atoms with E-state index < -0.39 is 0 Å². The molecule has 1 heterocycles. The molecule has 0 unspecified atom stereocenters. The van der Waals surface area contributed by atoms with E-state index in [4.69, 9.17) is 4.52 Å². The maximum atomic E-state index is 5.48. The van der Waals surface area contributed by atoms with Crippen LogP contribution in [-0.2, 0) is 6.42 Å². The molecule has 2 aromatic rings. The predicted octanol–water partition coefficient (Wildman–Crippen LogP) is 3.51. The number of rotatable bonds is 4. The molecule has 1 aromatic heterocycles. The smallest absolute Gasteiger partial charge is 0.228 e. The van der Waals surface area contributed by atoms with Crippen molar-refractivity contribution in [2.45, 2.75) is 51.0 Å². The van der Waals surface area contributed by atoms with Crippen LogP contribution in [0.15, 0.2) is 28.8 Å². The first-order valence-electron chi connectivity index (χ1n) is 7.79. The number of aromatic nitrogens is 2. The fraction of sp³-hybridized carbons (Fsp3) is 0.529. The average molecular weight is 285 g/mol. The van der Waals surface area contributed by atoms with Crippen molar-refractivity contribution in [1.29, 1.82) is 0 Å². The van der Waals surface area contributed by atoms with Crippen LogP contribution in [0.4, 0.5) is 0 Å². The van der Waals surface area contributed by atoms with E-state index in [9.17, 15) is 0 Å². The first-order chi connectivity index (χ1) is 10.2. The predicted molar refractivity (Wildman–Crippen MR) is 83.1 cm³/mol. The highest BCUT2D eigenvalue weighted by Gasteiger charge is 2.32. The van der Waals surface area contributed by atoms with Gasteiger partial charge in [0.2, 0.25) is 11.7 Å². The van der Waals surface area contributed by atoms with Gasteiger partial charge in [-0.1, -0.05) is 54.2 Å². The third-order valence-electron chi connectivity index (χ3n) is 4.61. The van der Waals surface area contributed by atoms with Gasteiger partial charge < -0.3 is 9.84 Å². The van der Waals surface area contributed by atoms with Crippen molar-refractivity contribution in [3.63, 3.8) is 0 Å². The van der Waals surface area contributed by atoms with E-state index >= 15 is 0 Å². The number of likely N-dealkylation sites (N-methyl/N-ethyl adjacent to an activating group) is 1. The largest absolute Gasteiger partial charge is 0.339 e. The molecular formula is C17H23N3O. The van der Waals surface area contributed by atoms with Gasteiger partial charge in [0.05, 0.1) is 0 Å². The van der Waals surface area contributed by atoms with Gasteiger partial charge in [-0.25, -0.2) is 0 Å². The second-order valence-corrected chi connectivity index (χ2v) is 6.15. The minimum Gasteiger partial charge on any atom is -0.339 e. The van der Waals surface area contributed by atoms with E-state index in [2.05, 4.69) is 34.5 Å². The van der Waals surface area contributed by atoms with Crippen LogP contribution in [0, 0.1) is 6.92 Å². The number of hydrogen-bond acceptors (Lipinski definition) is 4. The summed E-state index contributed by atoms with van der Waals surface area (Å²) in [6.45, 7) is 2.07. The van der Waals surface area contributed by atoms with Crippen molar-refractivity contribution in [3.8, 4) is 11.4 Å². The number of benzene rings is 1. The molecule has 112 valence electrons. The summed E-state index contributed by atoms with van der Waals surface area (Å²) in [5.74, 6) is 1.42. The molecule has 0 saturated heterocycles. The third kappa shape index (κ3) is 3.16. The van der Waals surface area contributed by atoms with Crippen LogP contribution in [0.2, 0.25) is 0 Å². The van der Waals surface area contributed by atoms with Gasteiger partial charge in [0.1, 0.15) is 0 Å². The molecule has 4 heteroatoms. The zero-order valence-corrected chi connectivity index (χ0v) is 12.9. The maximum absolute atomic E-state index is 5.48. The lowest BCUT2D eigenvalue weighted by Crippen LogP contribution is -2.46. The van der Waals surface area contributed by atoms with Crippen LogP contribution in [0.3, 0.4) is 0 Å². The van der Waals surface area contributed by atoms with Crippen LogP contribution < -0.4 is 5.32 Å². The summed E-state index contributed by atoms with van der Waals surface area (Å²) in [5, 5.41) is 7.63.